The first-order chi connectivity index (χ1) is 10.1. The van der Waals surface area contributed by atoms with E-state index in [1.165, 1.54) is 0 Å². The van der Waals surface area contributed by atoms with Gasteiger partial charge in [-0.2, -0.15) is 5.10 Å². The van der Waals surface area contributed by atoms with E-state index < -0.39 is 11.4 Å². The maximum atomic E-state index is 11.3. The molecular formula is C13H18N6O2. The monoisotopic (exact) mass is 290 g/mol. The first-order valence-electron chi connectivity index (χ1n) is 7.16. The van der Waals surface area contributed by atoms with E-state index in [-0.39, 0.29) is 0 Å². The molecule has 1 N–H and O–H groups in total. The second kappa shape index (κ2) is 4.94. The lowest BCUT2D eigenvalue weighted by Crippen LogP contribution is -2.23. The number of aliphatic carboxylic acids is 1. The molecule has 8 heteroatoms. The number of rotatable bonds is 6. The third kappa shape index (κ3) is 2.30. The van der Waals surface area contributed by atoms with Gasteiger partial charge in [-0.3, -0.25) is 9.48 Å². The molecule has 0 spiro atoms. The minimum Gasteiger partial charge on any atom is -0.481 e. The summed E-state index contributed by atoms with van der Waals surface area (Å²) in [7, 11) is 0. The van der Waals surface area contributed by atoms with E-state index >= 15 is 0 Å². The Labute approximate surface area is 121 Å². The average Bonchev–Trinajstić information content (AvgIpc) is 2.95. The summed E-state index contributed by atoms with van der Waals surface area (Å²) >= 11 is 0. The van der Waals surface area contributed by atoms with Gasteiger partial charge in [-0.15, -0.1) is 5.10 Å². The molecule has 0 aliphatic heterocycles. The normalized spacial score (nSPS) is 16.1. The van der Waals surface area contributed by atoms with Crippen LogP contribution in [0.1, 0.15) is 32.4 Å². The van der Waals surface area contributed by atoms with Gasteiger partial charge in [-0.05, 0) is 42.7 Å². The maximum Gasteiger partial charge on any atom is 0.311 e. The van der Waals surface area contributed by atoms with Crippen LogP contribution in [0.3, 0.4) is 0 Å². The van der Waals surface area contributed by atoms with Crippen LogP contribution in [0.4, 0.5) is 0 Å². The van der Waals surface area contributed by atoms with E-state index in [1.54, 1.807) is 4.68 Å². The molecule has 2 heterocycles. The molecule has 1 saturated carbocycles. The lowest BCUT2D eigenvalue weighted by molar-refractivity contribution is -0.144. The van der Waals surface area contributed by atoms with Gasteiger partial charge in [0.05, 0.1) is 17.7 Å². The topological polar surface area (TPSA) is 98.7 Å². The molecule has 8 nitrogen and oxygen atoms in total. The van der Waals surface area contributed by atoms with Gasteiger partial charge in [0.25, 0.3) is 0 Å². The number of carboxylic acid groups (broad SMARTS) is 1. The van der Waals surface area contributed by atoms with Gasteiger partial charge >= 0.3 is 5.97 Å². The van der Waals surface area contributed by atoms with Crippen molar-refractivity contribution in [3.05, 3.63) is 11.8 Å². The van der Waals surface area contributed by atoms with Crippen LogP contribution in [0.2, 0.25) is 0 Å². The van der Waals surface area contributed by atoms with E-state index in [1.807, 2.05) is 24.6 Å². The van der Waals surface area contributed by atoms with E-state index in [0.717, 1.165) is 17.8 Å². The number of carbonyl (C=O) groups is 1. The third-order valence-electron chi connectivity index (χ3n) is 4.01. The summed E-state index contributed by atoms with van der Waals surface area (Å²) in [5.74, 6) is -0.196. The van der Waals surface area contributed by atoms with Crippen molar-refractivity contribution in [3.63, 3.8) is 0 Å². The molecule has 3 rings (SSSR count). The summed E-state index contributed by atoms with van der Waals surface area (Å²) < 4.78 is 3.44. The summed E-state index contributed by atoms with van der Waals surface area (Å²) in [5.41, 5.74) is 1.11. The summed E-state index contributed by atoms with van der Waals surface area (Å²) in [4.78, 5) is 11.3. The van der Waals surface area contributed by atoms with Crippen molar-refractivity contribution in [2.45, 2.75) is 46.2 Å². The highest BCUT2D eigenvalue weighted by Crippen LogP contribution is 2.47. The fraction of sp³-hybridized carbons (Fsp3) is 0.615. The Bertz CT molecular complexity index is 670. The second-order valence-electron chi connectivity index (χ2n) is 5.44. The van der Waals surface area contributed by atoms with Crippen molar-refractivity contribution in [1.82, 2.24) is 30.0 Å². The SMILES string of the molecule is CCc1cc(-c2nnnn2CC2(C(=O)O)CC2)n(CC)n1. The number of hydrogen-bond donors (Lipinski definition) is 1. The van der Waals surface area contributed by atoms with Gasteiger partial charge in [0.2, 0.25) is 0 Å². The Kier molecular flexibility index (Phi) is 3.23. The summed E-state index contributed by atoms with van der Waals surface area (Å²) in [5, 5.41) is 25.5. The maximum absolute atomic E-state index is 11.3. The first kappa shape index (κ1) is 13.7. The quantitative estimate of drug-likeness (QED) is 0.851. The molecule has 0 aromatic carbocycles. The lowest BCUT2D eigenvalue weighted by Gasteiger charge is -2.11. The summed E-state index contributed by atoms with van der Waals surface area (Å²) in [6, 6.07) is 1.96. The van der Waals surface area contributed by atoms with Crippen molar-refractivity contribution in [1.29, 1.82) is 0 Å². The van der Waals surface area contributed by atoms with Crippen LogP contribution < -0.4 is 0 Å². The molecule has 2 aromatic rings. The minimum atomic E-state index is -0.776. The zero-order chi connectivity index (χ0) is 15.0. The number of aryl methyl sites for hydroxylation is 2. The molecule has 0 bridgehead atoms. The molecule has 0 saturated heterocycles. The highest BCUT2D eigenvalue weighted by Gasteiger charge is 2.51. The largest absolute Gasteiger partial charge is 0.481 e. The Balaban J connectivity index is 1.96. The van der Waals surface area contributed by atoms with Crippen molar-refractivity contribution in [3.8, 4) is 11.5 Å². The molecule has 0 amide bonds. The smallest absolute Gasteiger partial charge is 0.311 e. The number of aromatic nitrogens is 6. The van der Waals surface area contributed by atoms with Crippen LogP contribution in [-0.4, -0.2) is 41.1 Å². The van der Waals surface area contributed by atoms with Crippen LogP contribution in [0, 0.1) is 5.41 Å². The van der Waals surface area contributed by atoms with Gasteiger partial charge in [0, 0.05) is 6.54 Å². The zero-order valence-corrected chi connectivity index (χ0v) is 12.2. The molecule has 1 aliphatic rings. The fourth-order valence-electron chi connectivity index (χ4n) is 2.44. The molecule has 0 radical (unpaired) electrons. The van der Waals surface area contributed by atoms with Crippen molar-refractivity contribution >= 4 is 5.97 Å². The molecule has 112 valence electrons. The van der Waals surface area contributed by atoms with Gasteiger partial charge in [-0.25, -0.2) is 4.68 Å². The standard InChI is InChI=1S/C13H18N6O2/c1-3-9-7-10(18(4-2)15-9)11-14-16-17-19(11)8-13(5-6-13)12(20)21/h7H,3-6,8H2,1-2H3,(H,20,21). The van der Waals surface area contributed by atoms with Gasteiger partial charge in [0.1, 0.15) is 5.69 Å². The van der Waals surface area contributed by atoms with Crippen LogP contribution in [0.25, 0.3) is 11.5 Å². The Hall–Kier alpha value is -2.25. The molecular weight excluding hydrogens is 272 g/mol. The number of nitrogens with zero attached hydrogens (tertiary/aromatic N) is 6. The summed E-state index contributed by atoms with van der Waals surface area (Å²) in [6.07, 6.45) is 2.18. The highest BCUT2D eigenvalue weighted by molar-refractivity contribution is 5.77. The third-order valence-corrected chi connectivity index (χ3v) is 4.01. The fourth-order valence-corrected chi connectivity index (χ4v) is 2.44. The van der Waals surface area contributed by atoms with E-state index in [9.17, 15) is 9.90 Å². The Morgan fingerprint density at radius 3 is 2.71 bits per heavy atom. The van der Waals surface area contributed by atoms with Crippen molar-refractivity contribution in [2.24, 2.45) is 5.41 Å². The first-order valence-corrected chi connectivity index (χ1v) is 7.16. The van der Waals surface area contributed by atoms with Gasteiger partial charge in [0.15, 0.2) is 5.82 Å². The highest BCUT2D eigenvalue weighted by atomic mass is 16.4. The number of hydrogen-bond acceptors (Lipinski definition) is 5. The predicted octanol–water partition coefficient (Wildman–Crippen LogP) is 0.984. The van der Waals surface area contributed by atoms with Crippen molar-refractivity contribution in [2.75, 3.05) is 0 Å². The minimum absolute atomic E-state index is 0.307. The number of carboxylic acids is 1. The summed E-state index contributed by atoms with van der Waals surface area (Å²) in [6.45, 7) is 5.07. The Morgan fingerprint density at radius 2 is 2.14 bits per heavy atom. The molecule has 1 aliphatic carbocycles. The van der Waals surface area contributed by atoms with Crippen LogP contribution in [-0.2, 0) is 24.3 Å². The van der Waals surface area contributed by atoms with E-state index in [4.69, 9.17) is 0 Å². The zero-order valence-electron chi connectivity index (χ0n) is 12.2. The van der Waals surface area contributed by atoms with Gasteiger partial charge < -0.3 is 5.11 Å². The second-order valence-corrected chi connectivity index (χ2v) is 5.44. The van der Waals surface area contributed by atoms with Crippen LogP contribution in [0.5, 0.6) is 0 Å². The van der Waals surface area contributed by atoms with E-state index in [0.29, 0.717) is 31.8 Å². The molecule has 2 aromatic heterocycles. The van der Waals surface area contributed by atoms with E-state index in [2.05, 4.69) is 20.6 Å². The van der Waals surface area contributed by atoms with Crippen LogP contribution in [0.15, 0.2) is 6.07 Å². The molecule has 21 heavy (non-hydrogen) atoms. The average molecular weight is 290 g/mol. The van der Waals surface area contributed by atoms with Crippen molar-refractivity contribution < 1.29 is 9.90 Å². The lowest BCUT2D eigenvalue weighted by atomic mass is 10.1. The Morgan fingerprint density at radius 1 is 1.38 bits per heavy atom. The van der Waals surface area contributed by atoms with Crippen LogP contribution >= 0.6 is 0 Å². The van der Waals surface area contributed by atoms with Gasteiger partial charge in [-0.1, -0.05) is 6.92 Å². The predicted molar refractivity (Wildman–Crippen MR) is 73.4 cm³/mol. The molecule has 1 fully saturated rings. The molecule has 0 unspecified atom stereocenters. The molecule has 0 atom stereocenters. The number of tetrazole rings is 1.